The van der Waals surface area contributed by atoms with Crippen LogP contribution in [0.3, 0.4) is 0 Å². The third-order valence-corrected chi connectivity index (χ3v) is 3.56. The summed E-state index contributed by atoms with van der Waals surface area (Å²) in [6, 6.07) is 2.56. The lowest BCUT2D eigenvalue weighted by Crippen LogP contribution is -2.41. The van der Waals surface area contributed by atoms with Crippen molar-refractivity contribution in [3.05, 3.63) is 39.4 Å². The van der Waals surface area contributed by atoms with Crippen molar-refractivity contribution in [3.8, 4) is 0 Å². The summed E-state index contributed by atoms with van der Waals surface area (Å²) in [5, 5.41) is 13.4. The maximum absolute atomic E-state index is 12.4. The first kappa shape index (κ1) is 16.3. The fourth-order valence-corrected chi connectivity index (χ4v) is 2.40. The molecule has 0 spiro atoms. The van der Waals surface area contributed by atoms with Crippen LogP contribution in [-0.4, -0.2) is 46.9 Å². The van der Waals surface area contributed by atoms with Crippen molar-refractivity contribution in [3.63, 3.8) is 0 Å². The van der Waals surface area contributed by atoms with Crippen molar-refractivity contribution in [2.45, 2.75) is 18.9 Å². The van der Waals surface area contributed by atoms with Crippen LogP contribution >= 0.6 is 0 Å². The van der Waals surface area contributed by atoms with Crippen molar-refractivity contribution in [1.82, 2.24) is 10.2 Å². The van der Waals surface area contributed by atoms with Crippen LogP contribution in [0.25, 0.3) is 0 Å². The molecule has 1 atom stereocenters. The van der Waals surface area contributed by atoms with Gasteiger partial charge in [0, 0.05) is 19.5 Å². The predicted molar refractivity (Wildman–Crippen MR) is 76.7 cm³/mol. The zero-order chi connectivity index (χ0) is 17.1. The van der Waals surface area contributed by atoms with Gasteiger partial charge in [-0.2, -0.15) is 0 Å². The Morgan fingerprint density at radius 1 is 1.39 bits per heavy atom. The van der Waals surface area contributed by atoms with E-state index in [1.165, 1.54) is 19.2 Å². The second kappa shape index (κ2) is 6.34. The quantitative estimate of drug-likeness (QED) is 0.347. The molecule has 0 fully saturated rings. The summed E-state index contributed by atoms with van der Waals surface area (Å²) < 4.78 is 0. The molecule has 0 bridgehead atoms. The number of rotatable bonds is 6. The summed E-state index contributed by atoms with van der Waals surface area (Å²) in [5.41, 5.74) is -0.926. The van der Waals surface area contributed by atoms with E-state index in [4.69, 9.17) is 0 Å². The number of nitrogens with zero attached hydrogens (tertiary/aromatic N) is 2. The molecule has 0 saturated carbocycles. The molecule has 9 nitrogen and oxygen atoms in total. The van der Waals surface area contributed by atoms with Gasteiger partial charge in [0.25, 0.3) is 17.5 Å². The first-order valence-corrected chi connectivity index (χ1v) is 6.73. The SMILES string of the molecule is CNC(=O)CCC(C=O)N1C(=O)c2cccc([N+](=O)[O-])c2C1=O. The second-order valence-corrected chi connectivity index (χ2v) is 4.85. The Hall–Kier alpha value is -3.10. The van der Waals surface area contributed by atoms with Crippen LogP contribution in [0, 0.1) is 10.1 Å². The lowest BCUT2D eigenvalue weighted by Gasteiger charge is -2.20. The van der Waals surface area contributed by atoms with Gasteiger partial charge in [0.2, 0.25) is 5.91 Å². The highest BCUT2D eigenvalue weighted by Crippen LogP contribution is 2.32. The van der Waals surface area contributed by atoms with E-state index < -0.39 is 28.5 Å². The van der Waals surface area contributed by atoms with Crippen molar-refractivity contribution in [1.29, 1.82) is 0 Å². The number of fused-ring (bicyclic) bond motifs is 1. The normalized spacial score (nSPS) is 14.4. The standard InChI is InChI=1S/C14H13N3O6/c1-15-11(19)6-5-8(7-18)16-13(20)9-3-2-4-10(17(22)23)12(9)14(16)21/h2-4,7-8H,5-6H2,1H3,(H,15,19). The van der Waals surface area contributed by atoms with E-state index in [1.54, 1.807) is 0 Å². The van der Waals surface area contributed by atoms with Gasteiger partial charge < -0.3 is 10.1 Å². The molecule has 120 valence electrons. The minimum atomic E-state index is -1.15. The highest BCUT2D eigenvalue weighted by molar-refractivity contribution is 6.24. The van der Waals surface area contributed by atoms with Gasteiger partial charge in [-0.1, -0.05) is 6.07 Å². The second-order valence-electron chi connectivity index (χ2n) is 4.85. The first-order valence-electron chi connectivity index (χ1n) is 6.73. The summed E-state index contributed by atoms with van der Waals surface area (Å²) in [4.78, 5) is 58.1. The van der Waals surface area contributed by atoms with E-state index in [1.807, 2.05) is 0 Å². The number of nitro benzene ring substituents is 1. The first-order chi connectivity index (χ1) is 10.9. The van der Waals surface area contributed by atoms with E-state index in [2.05, 4.69) is 5.32 Å². The Morgan fingerprint density at radius 2 is 2.09 bits per heavy atom. The number of carbonyl (C=O) groups is 4. The van der Waals surface area contributed by atoms with Crippen LogP contribution in [0.4, 0.5) is 5.69 Å². The number of hydrogen-bond donors (Lipinski definition) is 1. The molecule has 2 rings (SSSR count). The molecule has 1 N–H and O–H groups in total. The fourth-order valence-electron chi connectivity index (χ4n) is 2.40. The predicted octanol–water partition coefficient (Wildman–Crippen LogP) is 0.284. The van der Waals surface area contributed by atoms with Gasteiger partial charge in [0.15, 0.2) is 0 Å². The van der Waals surface area contributed by atoms with Crippen LogP contribution in [0.15, 0.2) is 18.2 Å². The van der Waals surface area contributed by atoms with E-state index in [0.717, 1.165) is 6.07 Å². The number of benzene rings is 1. The average Bonchev–Trinajstić information content (AvgIpc) is 2.80. The van der Waals surface area contributed by atoms with Gasteiger partial charge in [0.1, 0.15) is 11.8 Å². The van der Waals surface area contributed by atoms with E-state index >= 15 is 0 Å². The number of nitro groups is 1. The molecule has 9 heteroatoms. The fraction of sp³-hybridized carbons (Fsp3) is 0.286. The van der Waals surface area contributed by atoms with Crippen molar-refractivity contribution in [2.75, 3.05) is 7.05 Å². The summed E-state index contributed by atoms with van der Waals surface area (Å²) in [6.45, 7) is 0. The van der Waals surface area contributed by atoms with E-state index in [-0.39, 0.29) is 29.9 Å². The Kier molecular flexibility index (Phi) is 4.49. The van der Waals surface area contributed by atoms with Crippen molar-refractivity contribution >= 4 is 29.7 Å². The smallest absolute Gasteiger partial charge is 0.282 e. The van der Waals surface area contributed by atoms with Crippen LogP contribution in [0.1, 0.15) is 33.6 Å². The van der Waals surface area contributed by atoms with Crippen LogP contribution in [0.5, 0.6) is 0 Å². The van der Waals surface area contributed by atoms with Gasteiger partial charge in [-0.3, -0.25) is 29.4 Å². The molecule has 0 radical (unpaired) electrons. The minimum absolute atomic E-state index is 0.0531. The zero-order valence-corrected chi connectivity index (χ0v) is 12.1. The van der Waals surface area contributed by atoms with Crippen LogP contribution in [0.2, 0.25) is 0 Å². The monoisotopic (exact) mass is 319 g/mol. The van der Waals surface area contributed by atoms with Gasteiger partial charge >= 0.3 is 0 Å². The summed E-state index contributed by atoms with van der Waals surface area (Å²) in [7, 11) is 1.42. The summed E-state index contributed by atoms with van der Waals surface area (Å²) in [6.07, 6.45) is 0.272. The topological polar surface area (TPSA) is 127 Å². The maximum atomic E-state index is 12.4. The molecule has 1 aromatic carbocycles. The van der Waals surface area contributed by atoms with Crippen molar-refractivity contribution in [2.24, 2.45) is 0 Å². The van der Waals surface area contributed by atoms with Gasteiger partial charge in [-0.05, 0) is 12.5 Å². The molecule has 1 heterocycles. The molecule has 1 aliphatic rings. The Bertz CT molecular complexity index is 714. The number of carbonyl (C=O) groups excluding carboxylic acids is 4. The molecule has 23 heavy (non-hydrogen) atoms. The van der Waals surface area contributed by atoms with Gasteiger partial charge in [-0.15, -0.1) is 0 Å². The number of nitrogens with one attached hydrogen (secondary N) is 1. The largest absolute Gasteiger partial charge is 0.359 e. The highest BCUT2D eigenvalue weighted by Gasteiger charge is 2.44. The summed E-state index contributed by atoms with van der Waals surface area (Å²) in [5.74, 6) is -2.02. The van der Waals surface area contributed by atoms with Gasteiger partial charge in [0.05, 0.1) is 16.5 Å². The molecular formula is C14H13N3O6. The Balaban J connectivity index is 2.35. The lowest BCUT2D eigenvalue weighted by molar-refractivity contribution is -0.385. The summed E-state index contributed by atoms with van der Waals surface area (Å²) >= 11 is 0. The van der Waals surface area contributed by atoms with Crippen LogP contribution < -0.4 is 5.32 Å². The zero-order valence-electron chi connectivity index (χ0n) is 12.1. The Labute approximate surface area is 130 Å². The number of imide groups is 1. The molecule has 1 aliphatic heterocycles. The average molecular weight is 319 g/mol. The van der Waals surface area contributed by atoms with Gasteiger partial charge in [-0.25, -0.2) is 0 Å². The molecule has 0 aliphatic carbocycles. The number of amides is 3. The maximum Gasteiger partial charge on any atom is 0.282 e. The molecule has 3 amide bonds. The number of aldehydes is 1. The number of hydrogen-bond acceptors (Lipinski definition) is 6. The molecule has 0 aromatic heterocycles. The molecular weight excluding hydrogens is 306 g/mol. The van der Waals surface area contributed by atoms with E-state index in [9.17, 15) is 29.3 Å². The molecule has 0 saturated heterocycles. The minimum Gasteiger partial charge on any atom is -0.359 e. The van der Waals surface area contributed by atoms with E-state index in [0.29, 0.717) is 11.2 Å². The third kappa shape index (κ3) is 2.80. The molecule has 1 aromatic rings. The highest BCUT2D eigenvalue weighted by atomic mass is 16.6. The van der Waals surface area contributed by atoms with Crippen molar-refractivity contribution < 1.29 is 24.1 Å². The molecule has 1 unspecified atom stereocenters. The lowest BCUT2D eigenvalue weighted by atomic mass is 10.1. The third-order valence-electron chi connectivity index (χ3n) is 3.56. The Morgan fingerprint density at radius 3 is 2.65 bits per heavy atom. The van der Waals surface area contributed by atoms with Crippen LogP contribution in [-0.2, 0) is 9.59 Å².